The molecular formula is C17H23NO2. The van der Waals surface area contributed by atoms with E-state index in [1.165, 1.54) is 11.1 Å². The maximum Gasteiger partial charge on any atom is 0.144 e. The van der Waals surface area contributed by atoms with E-state index in [0.29, 0.717) is 12.2 Å². The molecule has 20 heavy (non-hydrogen) atoms. The zero-order valence-electron chi connectivity index (χ0n) is 12.0. The van der Waals surface area contributed by atoms with Crippen LogP contribution in [-0.4, -0.2) is 30.1 Å². The van der Waals surface area contributed by atoms with Crippen molar-refractivity contribution in [2.75, 3.05) is 13.2 Å². The lowest BCUT2D eigenvalue weighted by Crippen LogP contribution is -2.69. The lowest BCUT2D eigenvalue weighted by Gasteiger charge is -2.62. The molecular weight excluding hydrogens is 250 g/mol. The number of nitrogens with one attached hydrogen (secondary N) is 1. The number of hydrogen-bond donors (Lipinski definition) is 2. The molecule has 4 rings (SSSR count). The van der Waals surface area contributed by atoms with Crippen molar-refractivity contribution in [1.29, 1.82) is 0 Å². The van der Waals surface area contributed by atoms with Crippen molar-refractivity contribution in [2.24, 2.45) is 10.8 Å². The van der Waals surface area contributed by atoms with Gasteiger partial charge in [-0.15, -0.1) is 0 Å². The number of rotatable bonds is 1. The van der Waals surface area contributed by atoms with Gasteiger partial charge in [0.1, 0.15) is 5.78 Å². The molecule has 0 radical (unpaired) electrons. The number of aliphatic hydroxyl groups excluding tert-OH is 1. The third-order valence-corrected chi connectivity index (χ3v) is 6.38. The lowest BCUT2D eigenvalue weighted by molar-refractivity contribution is -0.153. The monoisotopic (exact) mass is 273 g/mol. The minimum atomic E-state index is -0.388. The van der Waals surface area contributed by atoms with Crippen LogP contribution in [0.1, 0.15) is 44.9 Å². The van der Waals surface area contributed by atoms with Crippen LogP contribution in [-0.2, 0) is 4.79 Å². The van der Waals surface area contributed by atoms with Crippen LogP contribution in [0.3, 0.4) is 0 Å². The number of aliphatic hydroxyl groups is 1. The Kier molecular flexibility index (Phi) is 2.74. The summed E-state index contributed by atoms with van der Waals surface area (Å²) < 4.78 is 0. The average molecular weight is 273 g/mol. The third kappa shape index (κ3) is 1.31. The van der Waals surface area contributed by atoms with Crippen LogP contribution in [0.25, 0.3) is 0 Å². The van der Waals surface area contributed by atoms with Gasteiger partial charge in [0.15, 0.2) is 0 Å². The highest BCUT2D eigenvalue weighted by Crippen LogP contribution is 2.63. The van der Waals surface area contributed by atoms with Crippen molar-refractivity contribution in [1.82, 2.24) is 5.32 Å². The van der Waals surface area contributed by atoms with E-state index in [0.717, 1.165) is 45.1 Å². The zero-order valence-corrected chi connectivity index (χ0v) is 12.0. The Morgan fingerprint density at radius 1 is 1.35 bits per heavy atom. The van der Waals surface area contributed by atoms with Gasteiger partial charge in [0.25, 0.3) is 0 Å². The van der Waals surface area contributed by atoms with E-state index in [1.54, 1.807) is 0 Å². The maximum absolute atomic E-state index is 13.0. The lowest BCUT2D eigenvalue weighted by atomic mass is 9.43. The SMILES string of the molecule is O=C1CCC[C@@]2(CO)[C@H]3CC4=C(C=CCC4)[C@@]12CCN3. The van der Waals surface area contributed by atoms with Gasteiger partial charge in [-0.2, -0.15) is 0 Å². The molecule has 108 valence electrons. The van der Waals surface area contributed by atoms with Crippen molar-refractivity contribution >= 4 is 5.78 Å². The number of piperidine rings is 1. The molecule has 3 aliphatic carbocycles. The summed E-state index contributed by atoms with van der Waals surface area (Å²) in [5.41, 5.74) is 2.13. The molecule has 1 saturated heterocycles. The number of ketones is 1. The fraction of sp³-hybridized carbons (Fsp3) is 0.706. The topological polar surface area (TPSA) is 49.3 Å². The van der Waals surface area contributed by atoms with Gasteiger partial charge in [0.2, 0.25) is 0 Å². The fourth-order valence-corrected chi connectivity index (χ4v) is 5.52. The molecule has 0 aromatic heterocycles. The first-order valence-electron chi connectivity index (χ1n) is 8.01. The van der Waals surface area contributed by atoms with E-state index in [9.17, 15) is 9.90 Å². The van der Waals surface area contributed by atoms with Gasteiger partial charge in [-0.3, -0.25) is 4.79 Å². The van der Waals surface area contributed by atoms with E-state index < -0.39 is 0 Å². The number of carbonyl (C=O) groups excluding carboxylic acids is 1. The molecule has 0 aromatic rings. The molecule has 0 amide bonds. The van der Waals surface area contributed by atoms with Gasteiger partial charge in [-0.1, -0.05) is 17.7 Å². The van der Waals surface area contributed by atoms with Crippen molar-refractivity contribution in [3.8, 4) is 0 Å². The van der Waals surface area contributed by atoms with Crippen LogP contribution in [0, 0.1) is 10.8 Å². The Morgan fingerprint density at radius 2 is 2.25 bits per heavy atom. The summed E-state index contributed by atoms with van der Waals surface area (Å²) in [5.74, 6) is 0.392. The predicted molar refractivity (Wildman–Crippen MR) is 77.2 cm³/mol. The molecule has 0 spiro atoms. The molecule has 2 N–H and O–H groups in total. The molecule has 0 aromatic carbocycles. The van der Waals surface area contributed by atoms with Gasteiger partial charge in [0.05, 0.1) is 12.0 Å². The number of carbonyl (C=O) groups is 1. The maximum atomic E-state index is 13.0. The van der Waals surface area contributed by atoms with Gasteiger partial charge in [-0.05, 0) is 50.6 Å². The molecule has 0 unspecified atom stereocenters. The van der Waals surface area contributed by atoms with E-state index in [2.05, 4.69) is 17.5 Å². The first kappa shape index (κ1) is 12.8. The Labute approximate surface area is 120 Å². The number of allylic oxidation sites excluding steroid dienone is 3. The molecule has 1 heterocycles. The summed E-state index contributed by atoms with van der Waals surface area (Å²) in [7, 11) is 0. The number of hydrogen-bond acceptors (Lipinski definition) is 3. The van der Waals surface area contributed by atoms with E-state index in [4.69, 9.17) is 0 Å². The van der Waals surface area contributed by atoms with Crippen molar-refractivity contribution in [2.45, 2.75) is 51.0 Å². The second kappa shape index (κ2) is 4.28. The van der Waals surface area contributed by atoms with E-state index in [1.807, 2.05) is 0 Å². The summed E-state index contributed by atoms with van der Waals surface area (Å²) in [5, 5.41) is 13.9. The summed E-state index contributed by atoms with van der Waals surface area (Å²) in [6, 6.07) is 0.288. The zero-order chi connectivity index (χ0) is 13.8. The molecule has 1 saturated carbocycles. The van der Waals surface area contributed by atoms with Gasteiger partial charge in [-0.25, -0.2) is 0 Å². The Bertz CT molecular complexity index is 521. The average Bonchev–Trinajstić information content (AvgIpc) is 2.47. The van der Waals surface area contributed by atoms with Crippen LogP contribution in [0.2, 0.25) is 0 Å². The van der Waals surface area contributed by atoms with E-state index in [-0.39, 0.29) is 23.5 Å². The molecule has 1 aliphatic heterocycles. The highest BCUT2D eigenvalue weighted by Gasteiger charge is 2.65. The van der Waals surface area contributed by atoms with Crippen molar-refractivity contribution in [3.05, 3.63) is 23.3 Å². The molecule has 4 aliphatic rings. The first-order chi connectivity index (χ1) is 9.74. The highest BCUT2D eigenvalue weighted by molar-refractivity contribution is 5.91. The Hall–Kier alpha value is -0.930. The minimum absolute atomic E-state index is 0.140. The van der Waals surface area contributed by atoms with Gasteiger partial charge in [0, 0.05) is 17.9 Å². The summed E-state index contributed by atoms with van der Waals surface area (Å²) in [6.07, 6.45) is 11.1. The number of Topliss-reactive ketones (excluding diaryl/α,β-unsaturated/α-hetero) is 1. The van der Waals surface area contributed by atoms with E-state index >= 15 is 0 Å². The van der Waals surface area contributed by atoms with Crippen LogP contribution in [0.15, 0.2) is 23.3 Å². The quantitative estimate of drug-likeness (QED) is 0.769. The second-order valence-corrected chi connectivity index (χ2v) is 6.92. The largest absolute Gasteiger partial charge is 0.396 e. The standard InChI is InChI=1S/C17H23NO2/c19-11-16-7-3-6-15(20)17(16)8-9-18-14(16)10-12-4-1-2-5-13(12)17/h2,5,14,18-19H,1,3-4,6-11H2/t14-,16-,17+/m1/s1. The molecule has 3 heteroatoms. The van der Waals surface area contributed by atoms with Gasteiger partial charge < -0.3 is 10.4 Å². The van der Waals surface area contributed by atoms with Crippen molar-refractivity contribution < 1.29 is 9.90 Å². The van der Waals surface area contributed by atoms with Crippen LogP contribution >= 0.6 is 0 Å². The molecule has 2 fully saturated rings. The normalized spacial score (nSPS) is 43.2. The molecule has 2 bridgehead atoms. The summed E-state index contributed by atoms with van der Waals surface area (Å²) in [4.78, 5) is 13.0. The predicted octanol–water partition coefficient (Wildman–Crippen LogP) is 2.12. The van der Waals surface area contributed by atoms with Crippen LogP contribution in [0.5, 0.6) is 0 Å². The first-order valence-corrected chi connectivity index (χ1v) is 8.01. The van der Waals surface area contributed by atoms with Gasteiger partial charge >= 0.3 is 0 Å². The second-order valence-electron chi connectivity index (χ2n) is 6.92. The fourth-order valence-electron chi connectivity index (χ4n) is 5.52. The van der Waals surface area contributed by atoms with Crippen LogP contribution < -0.4 is 5.32 Å². The van der Waals surface area contributed by atoms with Crippen molar-refractivity contribution in [3.63, 3.8) is 0 Å². The molecule has 3 nitrogen and oxygen atoms in total. The Morgan fingerprint density at radius 3 is 3.10 bits per heavy atom. The highest BCUT2D eigenvalue weighted by atomic mass is 16.3. The smallest absolute Gasteiger partial charge is 0.144 e. The Balaban J connectivity index is 1.97. The summed E-state index contributed by atoms with van der Waals surface area (Å²) in [6.45, 7) is 1.05. The minimum Gasteiger partial charge on any atom is -0.396 e. The van der Waals surface area contributed by atoms with Crippen LogP contribution in [0.4, 0.5) is 0 Å². The third-order valence-electron chi connectivity index (χ3n) is 6.38. The molecule has 3 atom stereocenters. The summed E-state index contributed by atoms with van der Waals surface area (Å²) >= 11 is 0.